The first kappa shape index (κ1) is 16.3. The molecule has 1 heterocycles. The highest BCUT2D eigenvalue weighted by Crippen LogP contribution is 2.23. The van der Waals surface area contributed by atoms with Crippen LogP contribution in [0.5, 0.6) is 11.6 Å². The summed E-state index contributed by atoms with van der Waals surface area (Å²) < 4.78 is 11.0. The molecule has 0 amide bonds. The molecule has 122 valence electrons. The average Bonchev–Trinajstić information content (AvgIpc) is 2.60. The smallest absolute Gasteiger partial charge is 0.217 e. The van der Waals surface area contributed by atoms with E-state index in [0.29, 0.717) is 23.3 Å². The van der Waals surface area contributed by atoms with Crippen molar-refractivity contribution in [2.75, 3.05) is 7.11 Å². The summed E-state index contributed by atoms with van der Waals surface area (Å²) in [6.07, 6.45) is 0. The van der Waals surface area contributed by atoms with Crippen molar-refractivity contribution >= 4 is 11.6 Å². The molecule has 3 rings (SSSR count). The molecule has 0 fully saturated rings. The van der Waals surface area contributed by atoms with Crippen LogP contribution in [0, 0.1) is 6.92 Å². The SMILES string of the molecule is COc1cccc(COc2cc(C)nc(-c3cccc(Cl)c3)n2)c1. The largest absolute Gasteiger partial charge is 0.497 e. The molecule has 0 aliphatic carbocycles. The molecule has 0 aliphatic rings. The fraction of sp³-hybridized carbons (Fsp3) is 0.158. The Bertz CT molecular complexity index is 852. The normalized spacial score (nSPS) is 10.5. The van der Waals surface area contributed by atoms with E-state index in [-0.39, 0.29) is 0 Å². The lowest BCUT2D eigenvalue weighted by Gasteiger charge is -2.09. The van der Waals surface area contributed by atoms with Crippen LogP contribution >= 0.6 is 11.6 Å². The molecule has 2 aromatic carbocycles. The highest BCUT2D eigenvalue weighted by molar-refractivity contribution is 6.30. The summed E-state index contributed by atoms with van der Waals surface area (Å²) in [6, 6.07) is 17.0. The summed E-state index contributed by atoms with van der Waals surface area (Å²) in [5.41, 5.74) is 2.70. The van der Waals surface area contributed by atoms with E-state index in [1.165, 1.54) is 0 Å². The number of benzene rings is 2. The first-order valence-corrected chi connectivity index (χ1v) is 7.89. The number of hydrogen-bond donors (Lipinski definition) is 0. The quantitative estimate of drug-likeness (QED) is 0.675. The van der Waals surface area contributed by atoms with E-state index in [0.717, 1.165) is 22.6 Å². The first-order chi connectivity index (χ1) is 11.6. The maximum Gasteiger partial charge on any atom is 0.217 e. The lowest BCUT2D eigenvalue weighted by molar-refractivity contribution is 0.292. The van der Waals surface area contributed by atoms with Gasteiger partial charge in [-0.15, -0.1) is 0 Å². The third kappa shape index (κ3) is 4.03. The monoisotopic (exact) mass is 340 g/mol. The third-order valence-electron chi connectivity index (χ3n) is 3.43. The molecule has 0 N–H and O–H groups in total. The second kappa shape index (κ2) is 7.32. The minimum atomic E-state index is 0.405. The fourth-order valence-electron chi connectivity index (χ4n) is 2.29. The Labute approximate surface area is 146 Å². The molecular weight excluding hydrogens is 324 g/mol. The molecule has 0 saturated heterocycles. The summed E-state index contributed by atoms with van der Waals surface area (Å²) in [4.78, 5) is 8.94. The van der Waals surface area contributed by atoms with E-state index in [9.17, 15) is 0 Å². The molecule has 0 unspecified atom stereocenters. The maximum absolute atomic E-state index is 6.05. The highest BCUT2D eigenvalue weighted by Gasteiger charge is 2.07. The van der Waals surface area contributed by atoms with Gasteiger partial charge < -0.3 is 9.47 Å². The summed E-state index contributed by atoms with van der Waals surface area (Å²) in [7, 11) is 1.64. The van der Waals surface area contributed by atoms with Gasteiger partial charge in [-0.25, -0.2) is 4.98 Å². The molecule has 0 radical (unpaired) electrons. The molecule has 24 heavy (non-hydrogen) atoms. The second-order valence-electron chi connectivity index (χ2n) is 5.32. The number of methoxy groups -OCH3 is 1. The first-order valence-electron chi connectivity index (χ1n) is 7.51. The Morgan fingerprint density at radius 2 is 1.83 bits per heavy atom. The molecule has 0 aliphatic heterocycles. The van der Waals surface area contributed by atoms with Gasteiger partial charge in [-0.2, -0.15) is 4.98 Å². The van der Waals surface area contributed by atoms with Crippen LogP contribution in [0.2, 0.25) is 5.02 Å². The van der Waals surface area contributed by atoms with Crippen molar-refractivity contribution in [3.05, 3.63) is 70.9 Å². The molecule has 4 nitrogen and oxygen atoms in total. The van der Waals surface area contributed by atoms with Gasteiger partial charge in [0.1, 0.15) is 12.4 Å². The zero-order chi connectivity index (χ0) is 16.9. The topological polar surface area (TPSA) is 44.2 Å². The minimum absolute atomic E-state index is 0.405. The molecule has 0 atom stereocenters. The predicted octanol–water partition coefficient (Wildman–Crippen LogP) is 4.69. The van der Waals surface area contributed by atoms with Crippen LogP contribution in [0.3, 0.4) is 0 Å². The summed E-state index contributed by atoms with van der Waals surface area (Å²) in [5.74, 6) is 1.92. The van der Waals surface area contributed by atoms with E-state index in [1.807, 2.05) is 61.5 Å². The summed E-state index contributed by atoms with van der Waals surface area (Å²) >= 11 is 6.05. The lowest BCUT2D eigenvalue weighted by atomic mass is 10.2. The van der Waals surface area contributed by atoms with Gasteiger partial charge in [0.2, 0.25) is 5.88 Å². The molecule has 3 aromatic rings. The van der Waals surface area contributed by atoms with Crippen molar-refractivity contribution in [2.45, 2.75) is 13.5 Å². The van der Waals surface area contributed by atoms with Crippen LogP contribution < -0.4 is 9.47 Å². The summed E-state index contributed by atoms with van der Waals surface area (Å²) in [6.45, 7) is 2.32. The number of ether oxygens (including phenoxy) is 2. The molecule has 1 aromatic heterocycles. The van der Waals surface area contributed by atoms with Gasteiger partial charge in [0.15, 0.2) is 5.82 Å². The molecular formula is C19H17ClN2O2. The van der Waals surface area contributed by atoms with E-state index in [1.54, 1.807) is 7.11 Å². The number of aromatic nitrogens is 2. The predicted molar refractivity (Wildman–Crippen MR) is 94.5 cm³/mol. The number of hydrogen-bond acceptors (Lipinski definition) is 4. The number of aryl methyl sites for hydroxylation is 1. The van der Waals surface area contributed by atoms with Crippen LogP contribution in [0.15, 0.2) is 54.6 Å². The van der Waals surface area contributed by atoms with Gasteiger partial charge in [-0.05, 0) is 36.8 Å². The van der Waals surface area contributed by atoms with Gasteiger partial charge in [0, 0.05) is 22.3 Å². The van der Waals surface area contributed by atoms with Gasteiger partial charge >= 0.3 is 0 Å². The molecule has 0 saturated carbocycles. The van der Waals surface area contributed by atoms with E-state index >= 15 is 0 Å². The van der Waals surface area contributed by atoms with Crippen LogP contribution in [0.1, 0.15) is 11.3 Å². The van der Waals surface area contributed by atoms with Crippen molar-refractivity contribution in [3.63, 3.8) is 0 Å². The Balaban J connectivity index is 1.81. The van der Waals surface area contributed by atoms with Crippen LogP contribution in [-0.2, 0) is 6.61 Å². The van der Waals surface area contributed by atoms with E-state index in [4.69, 9.17) is 21.1 Å². The fourth-order valence-corrected chi connectivity index (χ4v) is 2.48. The maximum atomic E-state index is 6.05. The highest BCUT2D eigenvalue weighted by atomic mass is 35.5. The van der Waals surface area contributed by atoms with Gasteiger partial charge in [-0.3, -0.25) is 0 Å². The van der Waals surface area contributed by atoms with Gasteiger partial charge in [0.05, 0.1) is 7.11 Å². The Kier molecular flexibility index (Phi) is 4.96. The number of nitrogens with zero attached hydrogens (tertiary/aromatic N) is 2. The zero-order valence-electron chi connectivity index (χ0n) is 13.5. The van der Waals surface area contributed by atoms with E-state index in [2.05, 4.69) is 9.97 Å². The number of halogens is 1. The molecule has 5 heteroatoms. The van der Waals surface area contributed by atoms with Crippen LogP contribution in [0.4, 0.5) is 0 Å². The van der Waals surface area contributed by atoms with Crippen molar-refractivity contribution in [1.29, 1.82) is 0 Å². The van der Waals surface area contributed by atoms with E-state index < -0.39 is 0 Å². The minimum Gasteiger partial charge on any atom is -0.497 e. The lowest BCUT2D eigenvalue weighted by Crippen LogP contribution is -2.01. The van der Waals surface area contributed by atoms with Crippen molar-refractivity contribution in [1.82, 2.24) is 9.97 Å². The van der Waals surface area contributed by atoms with Crippen molar-refractivity contribution in [3.8, 4) is 23.0 Å². The van der Waals surface area contributed by atoms with Crippen molar-refractivity contribution < 1.29 is 9.47 Å². The second-order valence-corrected chi connectivity index (χ2v) is 5.76. The Morgan fingerprint density at radius 1 is 1.00 bits per heavy atom. The average molecular weight is 341 g/mol. The zero-order valence-corrected chi connectivity index (χ0v) is 14.2. The number of rotatable bonds is 5. The van der Waals surface area contributed by atoms with Crippen LogP contribution in [0.25, 0.3) is 11.4 Å². The van der Waals surface area contributed by atoms with Crippen LogP contribution in [-0.4, -0.2) is 17.1 Å². The summed E-state index contributed by atoms with van der Waals surface area (Å²) in [5, 5.41) is 0.649. The third-order valence-corrected chi connectivity index (χ3v) is 3.67. The van der Waals surface area contributed by atoms with Crippen molar-refractivity contribution in [2.24, 2.45) is 0 Å². The Hall–Kier alpha value is -2.59. The standard InChI is InChI=1S/C19H17ClN2O2/c1-13-9-18(24-12-14-5-3-8-17(10-14)23-2)22-19(21-13)15-6-4-7-16(20)11-15/h3-11H,12H2,1-2H3. The Morgan fingerprint density at radius 3 is 2.62 bits per heavy atom. The van der Waals surface area contributed by atoms with Gasteiger partial charge in [0.25, 0.3) is 0 Å². The van der Waals surface area contributed by atoms with Gasteiger partial charge in [-0.1, -0.05) is 35.9 Å². The molecule has 0 spiro atoms. The molecule has 0 bridgehead atoms.